The van der Waals surface area contributed by atoms with Gasteiger partial charge in [0.05, 0.1) is 24.7 Å². The fourth-order valence-corrected chi connectivity index (χ4v) is 3.35. The lowest BCUT2D eigenvalue weighted by molar-refractivity contribution is -0.136. The van der Waals surface area contributed by atoms with Crippen molar-refractivity contribution in [1.29, 1.82) is 0 Å². The van der Waals surface area contributed by atoms with Crippen LogP contribution in [0.25, 0.3) is 11.4 Å². The number of hydrogen-bond donors (Lipinski definition) is 1. The maximum Gasteiger partial charge on any atom is 0.254 e. The molecule has 1 atom stereocenters. The van der Waals surface area contributed by atoms with Crippen molar-refractivity contribution in [1.82, 2.24) is 29.6 Å². The highest BCUT2D eigenvalue weighted by Crippen LogP contribution is 2.20. The average molecular weight is 364 g/mol. The van der Waals surface area contributed by atoms with E-state index in [2.05, 4.69) is 20.1 Å². The first-order valence-electron chi connectivity index (χ1n) is 8.90. The maximum atomic E-state index is 12.8. The SMILES string of the molecule is C[C@H](Cn1cccn1)C(=O)N1CCc2c(nc(-c3ccncc3)[nH]c2=O)C1. The number of H-pyrrole nitrogens is 1. The van der Waals surface area contributed by atoms with E-state index in [4.69, 9.17) is 0 Å². The molecule has 0 fully saturated rings. The summed E-state index contributed by atoms with van der Waals surface area (Å²) < 4.78 is 1.75. The van der Waals surface area contributed by atoms with Gasteiger partial charge in [-0.1, -0.05) is 6.92 Å². The number of rotatable bonds is 4. The van der Waals surface area contributed by atoms with E-state index < -0.39 is 0 Å². The molecule has 27 heavy (non-hydrogen) atoms. The lowest BCUT2D eigenvalue weighted by atomic mass is 10.0. The highest BCUT2D eigenvalue weighted by Gasteiger charge is 2.27. The minimum Gasteiger partial charge on any atom is -0.336 e. The first kappa shape index (κ1) is 17.1. The first-order chi connectivity index (χ1) is 13.1. The Bertz CT molecular complexity index is 997. The lowest BCUT2D eigenvalue weighted by Gasteiger charge is -2.30. The summed E-state index contributed by atoms with van der Waals surface area (Å²) in [6.07, 6.45) is 7.36. The number of carbonyl (C=O) groups is 1. The highest BCUT2D eigenvalue weighted by molar-refractivity contribution is 5.78. The second-order valence-electron chi connectivity index (χ2n) is 6.71. The molecular formula is C19H20N6O2. The Balaban J connectivity index is 1.56. The number of aromatic amines is 1. The van der Waals surface area contributed by atoms with Crippen LogP contribution in [0.1, 0.15) is 18.2 Å². The van der Waals surface area contributed by atoms with Crippen molar-refractivity contribution >= 4 is 5.91 Å². The van der Waals surface area contributed by atoms with Gasteiger partial charge in [0.1, 0.15) is 5.82 Å². The molecule has 0 saturated carbocycles. The Labute approximate surface area is 155 Å². The maximum absolute atomic E-state index is 12.8. The zero-order valence-corrected chi connectivity index (χ0v) is 15.0. The van der Waals surface area contributed by atoms with Gasteiger partial charge in [0, 0.05) is 42.5 Å². The predicted molar refractivity (Wildman–Crippen MR) is 98.6 cm³/mol. The molecule has 3 aromatic rings. The van der Waals surface area contributed by atoms with Crippen LogP contribution in [0.2, 0.25) is 0 Å². The number of amides is 1. The number of fused-ring (bicyclic) bond motifs is 1. The van der Waals surface area contributed by atoms with Crippen LogP contribution < -0.4 is 5.56 Å². The van der Waals surface area contributed by atoms with E-state index >= 15 is 0 Å². The van der Waals surface area contributed by atoms with Gasteiger partial charge in [-0.2, -0.15) is 5.10 Å². The normalized spacial score (nSPS) is 14.6. The molecule has 0 saturated heterocycles. The average Bonchev–Trinajstić information content (AvgIpc) is 3.20. The predicted octanol–water partition coefficient (Wildman–Crippen LogP) is 1.25. The van der Waals surface area contributed by atoms with Crippen LogP contribution in [0, 0.1) is 5.92 Å². The van der Waals surface area contributed by atoms with Crippen LogP contribution in [0.15, 0.2) is 47.8 Å². The molecule has 4 heterocycles. The van der Waals surface area contributed by atoms with Crippen molar-refractivity contribution in [2.24, 2.45) is 5.92 Å². The summed E-state index contributed by atoms with van der Waals surface area (Å²) in [5, 5.41) is 4.16. The van der Waals surface area contributed by atoms with Crippen LogP contribution in [-0.2, 0) is 24.3 Å². The van der Waals surface area contributed by atoms with Crippen molar-refractivity contribution in [3.63, 3.8) is 0 Å². The van der Waals surface area contributed by atoms with Crippen molar-refractivity contribution in [3.05, 3.63) is 64.6 Å². The summed E-state index contributed by atoms with van der Waals surface area (Å²) in [5.41, 5.74) is 1.98. The third-order valence-electron chi connectivity index (χ3n) is 4.78. The van der Waals surface area contributed by atoms with Crippen molar-refractivity contribution in [2.45, 2.75) is 26.4 Å². The Kier molecular flexibility index (Phi) is 4.53. The molecule has 3 aromatic heterocycles. The molecule has 0 aliphatic carbocycles. The number of pyridine rings is 1. The van der Waals surface area contributed by atoms with Gasteiger partial charge in [-0.15, -0.1) is 0 Å². The van der Waals surface area contributed by atoms with Gasteiger partial charge >= 0.3 is 0 Å². The van der Waals surface area contributed by atoms with Gasteiger partial charge in [0.25, 0.3) is 5.56 Å². The first-order valence-corrected chi connectivity index (χ1v) is 8.90. The van der Waals surface area contributed by atoms with E-state index in [-0.39, 0.29) is 17.4 Å². The third-order valence-corrected chi connectivity index (χ3v) is 4.78. The van der Waals surface area contributed by atoms with Gasteiger partial charge in [0.15, 0.2) is 0 Å². The van der Waals surface area contributed by atoms with E-state index in [1.54, 1.807) is 40.3 Å². The van der Waals surface area contributed by atoms with Crippen LogP contribution in [0.3, 0.4) is 0 Å². The van der Waals surface area contributed by atoms with Gasteiger partial charge in [-0.05, 0) is 24.6 Å². The number of aromatic nitrogens is 5. The quantitative estimate of drug-likeness (QED) is 0.751. The topological polar surface area (TPSA) is 96.8 Å². The fraction of sp³-hybridized carbons (Fsp3) is 0.316. The van der Waals surface area contributed by atoms with Crippen molar-refractivity contribution in [2.75, 3.05) is 6.54 Å². The summed E-state index contributed by atoms with van der Waals surface area (Å²) in [7, 11) is 0. The number of carbonyl (C=O) groups excluding carboxylic acids is 1. The number of nitrogens with zero attached hydrogens (tertiary/aromatic N) is 5. The fourth-order valence-electron chi connectivity index (χ4n) is 3.35. The van der Waals surface area contributed by atoms with Crippen LogP contribution in [0.5, 0.6) is 0 Å². The zero-order valence-electron chi connectivity index (χ0n) is 15.0. The second kappa shape index (κ2) is 7.14. The van der Waals surface area contributed by atoms with Crippen molar-refractivity contribution in [3.8, 4) is 11.4 Å². The van der Waals surface area contributed by atoms with Gasteiger partial charge in [-0.25, -0.2) is 4.98 Å². The molecule has 0 spiro atoms. The molecule has 0 radical (unpaired) electrons. The van der Waals surface area contributed by atoms with Crippen LogP contribution in [0.4, 0.5) is 0 Å². The second-order valence-corrected chi connectivity index (χ2v) is 6.71. The monoisotopic (exact) mass is 364 g/mol. The summed E-state index contributed by atoms with van der Waals surface area (Å²) in [6, 6.07) is 5.43. The molecule has 8 nitrogen and oxygen atoms in total. The Hall–Kier alpha value is -3.29. The number of nitrogens with one attached hydrogen (secondary N) is 1. The van der Waals surface area contributed by atoms with E-state index in [0.29, 0.717) is 43.1 Å². The van der Waals surface area contributed by atoms with Gasteiger partial charge in [0.2, 0.25) is 5.91 Å². The minimum absolute atomic E-state index is 0.0451. The molecule has 4 rings (SSSR count). The standard InChI is InChI=1S/C19H20N6O2/c1-13(11-25-9-2-6-21-25)19(27)24-10-5-15-16(12-24)22-17(23-18(15)26)14-3-7-20-8-4-14/h2-4,6-9,13H,5,10-12H2,1H3,(H,22,23,26)/t13-/m1/s1. The summed E-state index contributed by atoms with van der Waals surface area (Å²) in [5.74, 6) is 0.344. The summed E-state index contributed by atoms with van der Waals surface area (Å²) >= 11 is 0. The van der Waals surface area contributed by atoms with E-state index in [0.717, 1.165) is 5.56 Å². The summed E-state index contributed by atoms with van der Waals surface area (Å²) in [4.78, 5) is 38.5. The molecule has 0 unspecified atom stereocenters. The van der Waals surface area contributed by atoms with E-state index in [1.165, 1.54) is 0 Å². The van der Waals surface area contributed by atoms with E-state index in [9.17, 15) is 9.59 Å². The van der Waals surface area contributed by atoms with Gasteiger partial charge < -0.3 is 9.88 Å². The highest BCUT2D eigenvalue weighted by atomic mass is 16.2. The minimum atomic E-state index is -0.201. The molecule has 1 amide bonds. The number of hydrogen-bond acceptors (Lipinski definition) is 5. The van der Waals surface area contributed by atoms with Crippen molar-refractivity contribution < 1.29 is 4.79 Å². The molecule has 0 aromatic carbocycles. The van der Waals surface area contributed by atoms with E-state index in [1.807, 2.05) is 19.2 Å². The third kappa shape index (κ3) is 3.51. The Morgan fingerprint density at radius 1 is 1.30 bits per heavy atom. The Morgan fingerprint density at radius 2 is 2.11 bits per heavy atom. The molecular weight excluding hydrogens is 344 g/mol. The molecule has 8 heteroatoms. The molecule has 1 N–H and O–H groups in total. The largest absolute Gasteiger partial charge is 0.336 e. The molecule has 0 bridgehead atoms. The molecule has 1 aliphatic rings. The zero-order chi connectivity index (χ0) is 18.8. The van der Waals surface area contributed by atoms with Crippen LogP contribution in [-0.4, -0.2) is 42.1 Å². The van der Waals surface area contributed by atoms with Gasteiger partial charge in [-0.3, -0.25) is 19.3 Å². The lowest BCUT2D eigenvalue weighted by Crippen LogP contribution is -2.42. The Morgan fingerprint density at radius 3 is 2.85 bits per heavy atom. The van der Waals surface area contributed by atoms with Crippen LogP contribution >= 0.6 is 0 Å². The summed E-state index contributed by atoms with van der Waals surface area (Å²) in [6.45, 7) is 3.29. The smallest absolute Gasteiger partial charge is 0.254 e. The molecule has 138 valence electrons. The molecule has 1 aliphatic heterocycles.